The van der Waals surface area contributed by atoms with E-state index in [4.69, 9.17) is 9.83 Å². The Labute approximate surface area is 392 Å². The summed E-state index contributed by atoms with van der Waals surface area (Å²) in [6.45, 7) is 10.7. The summed E-state index contributed by atoms with van der Waals surface area (Å²) in [5.74, 6) is 1.45. The predicted octanol–water partition coefficient (Wildman–Crippen LogP) is 6.25. The van der Waals surface area contributed by atoms with Gasteiger partial charge in [-0.2, -0.15) is 0 Å². The summed E-state index contributed by atoms with van der Waals surface area (Å²) in [6.07, 6.45) is 11.2. The van der Waals surface area contributed by atoms with Crippen molar-refractivity contribution >= 4 is 62.3 Å². The molecule has 0 aromatic heterocycles. The van der Waals surface area contributed by atoms with Crippen molar-refractivity contribution in [2.24, 2.45) is 28.7 Å². The summed E-state index contributed by atoms with van der Waals surface area (Å²) in [5, 5.41) is 5.42. The van der Waals surface area contributed by atoms with Gasteiger partial charge in [0.15, 0.2) is 4.62 Å². The molecule has 6 rings (SSSR count). The number of methoxy groups -OCH3 is 2. The SMILES string of the molecule is COC(=O)CCNC(=O)c1ccc(CCN2C(=O)C(Br)=NC23CCC(C(C)C)CC3)cc1.COC(=O)CCNC(=O)c1ccc(CCN2C(=O)C=[N+](OC)C23CCC(C(C)C)CC3)cc1. The standard InChI is InChI=1S/C25H35N3O5.C24H32BrN3O4/c1-18(2)20-9-13-25(14-10-20)27(22(29)17-28(25)33-4)16-12-19-5-7-21(8-6-19)24(31)26-15-11-23(30)32-3;1-16(2)18-8-12-24(13-9-18)27-21(25)23(31)28(24)15-11-17-4-6-19(7-5-17)22(30)26-14-10-20(29)32-3/h5-8,17-18,20H,9-16H2,1-4H3;4-7,16,18H,8-15H2,1-3H3,(H,26,30)/p+1. The highest BCUT2D eigenvalue weighted by atomic mass is 79.9. The molecule has 16 heteroatoms. The van der Waals surface area contributed by atoms with Gasteiger partial charge in [-0.3, -0.25) is 38.5 Å². The summed E-state index contributed by atoms with van der Waals surface area (Å²) in [4.78, 5) is 86.6. The number of esters is 2. The van der Waals surface area contributed by atoms with Gasteiger partial charge in [-0.05, 0) is 126 Å². The van der Waals surface area contributed by atoms with Crippen molar-refractivity contribution in [3.8, 4) is 0 Å². The molecule has 2 aliphatic heterocycles. The van der Waals surface area contributed by atoms with Crippen LogP contribution in [0.5, 0.6) is 0 Å². The zero-order valence-electron chi connectivity index (χ0n) is 39.2. The third-order valence-electron chi connectivity index (χ3n) is 13.7. The van der Waals surface area contributed by atoms with Crippen molar-refractivity contribution in [3.63, 3.8) is 0 Å². The smallest absolute Gasteiger partial charge is 0.320 e. The maximum Gasteiger partial charge on any atom is 0.320 e. The fraction of sp³-hybridized carbons (Fsp3) is 0.592. The number of halogens is 1. The van der Waals surface area contributed by atoms with Gasteiger partial charge in [0.2, 0.25) is 0 Å². The van der Waals surface area contributed by atoms with Gasteiger partial charge in [0.25, 0.3) is 29.6 Å². The van der Waals surface area contributed by atoms with Gasteiger partial charge in [0, 0.05) is 54.9 Å². The number of hydrogen-bond donors (Lipinski definition) is 2. The number of hydroxylamine groups is 1. The van der Waals surface area contributed by atoms with Crippen LogP contribution in [0.25, 0.3) is 0 Å². The monoisotopic (exact) mass is 963 g/mol. The highest BCUT2D eigenvalue weighted by Crippen LogP contribution is 2.44. The molecule has 0 bridgehead atoms. The van der Waals surface area contributed by atoms with E-state index in [1.807, 2.05) is 34.1 Å². The number of rotatable bonds is 17. The number of ether oxygens (including phenoxy) is 2. The van der Waals surface area contributed by atoms with Crippen LogP contribution in [-0.2, 0) is 46.3 Å². The van der Waals surface area contributed by atoms with Crippen molar-refractivity contribution in [3.05, 3.63) is 70.8 Å². The number of aliphatic imine (C=N–C) groups is 1. The van der Waals surface area contributed by atoms with Crippen LogP contribution >= 0.6 is 15.9 Å². The van der Waals surface area contributed by atoms with Crippen LogP contribution in [0.1, 0.15) is 124 Å². The molecule has 65 heavy (non-hydrogen) atoms. The number of amides is 4. The van der Waals surface area contributed by atoms with E-state index in [9.17, 15) is 28.8 Å². The van der Waals surface area contributed by atoms with E-state index in [1.54, 1.807) is 42.3 Å². The minimum Gasteiger partial charge on any atom is -0.469 e. The number of nitrogens with one attached hydrogen (secondary N) is 2. The molecule has 2 fully saturated rings. The minimum atomic E-state index is -0.416. The van der Waals surface area contributed by atoms with Crippen LogP contribution in [-0.4, -0.2) is 120 Å². The number of carbonyl (C=O) groups is 6. The Balaban J connectivity index is 0.000000244. The molecule has 2 N–H and O–H groups in total. The summed E-state index contributed by atoms with van der Waals surface area (Å²) in [6, 6.07) is 14.7. The number of benzene rings is 2. The third-order valence-corrected chi connectivity index (χ3v) is 14.3. The third kappa shape index (κ3) is 12.8. The summed E-state index contributed by atoms with van der Waals surface area (Å²) < 4.78 is 11.3. The van der Waals surface area contributed by atoms with E-state index in [1.165, 1.54) is 14.2 Å². The maximum atomic E-state index is 12.8. The van der Waals surface area contributed by atoms with Crippen molar-refractivity contribution in [1.29, 1.82) is 0 Å². The molecule has 2 aromatic carbocycles. The first-order valence-corrected chi connectivity index (χ1v) is 23.8. The normalized spacial score (nSPS) is 22.7. The van der Waals surface area contributed by atoms with Crippen molar-refractivity contribution < 1.29 is 47.8 Å². The van der Waals surface area contributed by atoms with E-state index in [0.29, 0.717) is 65.4 Å². The number of hydrogen-bond acceptors (Lipinski definition) is 10. The van der Waals surface area contributed by atoms with Gasteiger partial charge in [-0.25, -0.2) is 4.99 Å². The highest BCUT2D eigenvalue weighted by Gasteiger charge is 2.58. The zero-order valence-corrected chi connectivity index (χ0v) is 40.7. The number of nitrogens with zero attached hydrogens (tertiary/aromatic N) is 4. The molecule has 2 aromatic rings. The quantitative estimate of drug-likeness (QED) is 0.137. The van der Waals surface area contributed by atoms with Gasteiger partial charge in [-0.15, -0.1) is 0 Å². The van der Waals surface area contributed by atoms with Gasteiger partial charge in [0.05, 0.1) is 27.1 Å². The van der Waals surface area contributed by atoms with Crippen molar-refractivity contribution in [2.45, 2.75) is 116 Å². The molecule has 2 saturated carbocycles. The lowest BCUT2D eigenvalue weighted by Crippen LogP contribution is -2.55. The highest BCUT2D eigenvalue weighted by molar-refractivity contribution is 9.19. The van der Waals surface area contributed by atoms with E-state index in [2.05, 4.69) is 63.7 Å². The Morgan fingerprint density at radius 3 is 1.55 bits per heavy atom. The van der Waals surface area contributed by atoms with Gasteiger partial charge in [-0.1, -0.05) is 52.0 Å². The molecule has 0 saturated heterocycles. The summed E-state index contributed by atoms with van der Waals surface area (Å²) in [7, 11) is 4.27. The molecule has 354 valence electrons. The first-order valence-electron chi connectivity index (χ1n) is 23.0. The molecule has 0 atom stereocenters. The second kappa shape index (κ2) is 23.4. The molecule has 15 nitrogen and oxygen atoms in total. The largest absolute Gasteiger partial charge is 0.469 e. The molecule has 0 radical (unpaired) electrons. The Morgan fingerprint density at radius 2 is 1.14 bits per heavy atom. The molecular formula is C49H68BrN6O9+. The maximum absolute atomic E-state index is 12.8. The minimum absolute atomic E-state index is 0.0125. The molecule has 4 aliphatic rings. The topological polar surface area (TPSA) is 176 Å². The lowest BCUT2D eigenvalue weighted by molar-refractivity contribution is -0.837. The van der Waals surface area contributed by atoms with Crippen LogP contribution in [0.4, 0.5) is 0 Å². The molecule has 2 spiro atoms. The molecule has 2 heterocycles. The summed E-state index contributed by atoms with van der Waals surface area (Å²) >= 11 is 3.37. The zero-order chi connectivity index (χ0) is 47.3. The van der Waals surface area contributed by atoms with Crippen LogP contribution in [0.2, 0.25) is 0 Å². The van der Waals surface area contributed by atoms with Gasteiger partial charge >= 0.3 is 17.8 Å². The first kappa shape index (κ1) is 50.9. The van der Waals surface area contributed by atoms with E-state index >= 15 is 0 Å². The van der Waals surface area contributed by atoms with Crippen LogP contribution in [0, 0.1) is 23.7 Å². The van der Waals surface area contributed by atoms with E-state index in [0.717, 1.165) is 62.5 Å². The Morgan fingerprint density at radius 1 is 0.708 bits per heavy atom. The fourth-order valence-electron chi connectivity index (χ4n) is 9.56. The second-order valence-electron chi connectivity index (χ2n) is 18.2. The lowest BCUT2D eigenvalue weighted by atomic mass is 9.76. The van der Waals surface area contributed by atoms with Crippen molar-refractivity contribution in [1.82, 2.24) is 20.4 Å². The second-order valence-corrected chi connectivity index (χ2v) is 18.9. The predicted molar refractivity (Wildman–Crippen MR) is 250 cm³/mol. The molecule has 0 unspecified atom stereocenters. The van der Waals surface area contributed by atoms with Crippen LogP contribution in [0.15, 0.2) is 53.5 Å². The van der Waals surface area contributed by atoms with Gasteiger partial charge in [0.1, 0.15) is 12.8 Å². The Bertz CT molecular complexity index is 2050. The van der Waals surface area contributed by atoms with E-state index in [-0.39, 0.29) is 61.5 Å². The molecule has 2 aliphatic carbocycles. The van der Waals surface area contributed by atoms with Crippen LogP contribution in [0.3, 0.4) is 0 Å². The molecular weight excluding hydrogens is 896 g/mol. The summed E-state index contributed by atoms with van der Waals surface area (Å²) in [5.41, 5.74) is 2.35. The first-order chi connectivity index (χ1) is 31.1. The Kier molecular flexibility index (Phi) is 18.3. The van der Waals surface area contributed by atoms with Gasteiger partial charge < -0.3 is 25.0 Å². The average Bonchev–Trinajstić information content (AvgIpc) is 3.70. The number of carbonyl (C=O) groups excluding carboxylic acids is 6. The van der Waals surface area contributed by atoms with E-state index < -0.39 is 11.3 Å². The molecule has 4 amide bonds. The van der Waals surface area contributed by atoms with Crippen LogP contribution < -0.4 is 10.6 Å². The van der Waals surface area contributed by atoms with Crippen molar-refractivity contribution in [2.75, 3.05) is 47.5 Å². The average molecular weight is 965 g/mol. The lowest BCUT2D eigenvalue weighted by Gasteiger charge is -2.42. The Hall–Kier alpha value is -5.12. The fourth-order valence-corrected chi connectivity index (χ4v) is 10.1.